The average molecular weight is 364 g/mol. The molecule has 0 aliphatic carbocycles. The van der Waals surface area contributed by atoms with Crippen molar-refractivity contribution in [2.75, 3.05) is 13.7 Å². The third-order valence-electron chi connectivity index (χ3n) is 3.25. The summed E-state index contributed by atoms with van der Waals surface area (Å²) in [4.78, 5) is 11.7. The fourth-order valence-electron chi connectivity index (χ4n) is 2.35. The van der Waals surface area contributed by atoms with Crippen LogP contribution in [-0.4, -0.2) is 63.8 Å². The van der Waals surface area contributed by atoms with E-state index in [2.05, 4.69) is 8.92 Å². The van der Waals surface area contributed by atoms with Crippen LogP contribution in [0.1, 0.15) is 13.8 Å². The van der Waals surface area contributed by atoms with Gasteiger partial charge >= 0.3 is 21.6 Å². The summed E-state index contributed by atoms with van der Waals surface area (Å²) >= 11 is 0. The van der Waals surface area contributed by atoms with Gasteiger partial charge in [-0.25, -0.2) is 4.79 Å². The highest BCUT2D eigenvalue weighted by atomic mass is 32.2. The van der Waals surface area contributed by atoms with E-state index >= 15 is 0 Å². The number of fused-ring (bicyclic) bond motifs is 1. The van der Waals surface area contributed by atoms with Crippen molar-refractivity contribution < 1.29 is 49.5 Å². The smallest absolute Gasteiger partial charge is 0.467 e. The molecule has 0 bridgehead atoms. The molecule has 2 aliphatic rings. The summed E-state index contributed by atoms with van der Waals surface area (Å²) in [5.41, 5.74) is -5.56. The second kappa shape index (κ2) is 5.84. The van der Waals surface area contributed by atoms with Crippen LogP contribution in [0.4, 0.5) is 13.2 Å². The summed E-state index contributed by atoms with van der Waals surface area (Å²) < 4.78 is 83.3. The zero-order valence-corrected chi connectivity index (χ0v) is 13.1. The molecule has 0 aromatic carbocycles. The van der Waals surface area contributed by atoms with Gasteiger partial charge in [0.25, 0.3) is 0 Å². The summed E-state index contributed by atoms with van der Waals surface area (Å²) in [7, 11) is -4.68. The summed E-state index contributed by atoms with van der Waals surface area (Å²) in [5.74, 6) is -1.94. The zero-order chi connectivity index (χ0) is 17.6. The molecule has 2 aliphatic heterocycles. The molecule has 0 N–H and O–H groups in total. The minimum atomic E-state index is -5.78. The van der Waals surface area contributed by atoms with E-state index in [-0.39, 0.29) is 0 Å². The molecule has 12 heteroatoms. The van der Waals surface area contributed by atoms with E-state index in [1.807, 2.05) is 0 Å². The Kier molecular flexibility index (Phi) is 4.67. The van der Waals surface area contributed by atoms with E-state index in [1.165, 1.54) is 13.8 Å². The molecule has 0 unspecified atom stereocenters. The lowest BCUT2D eigenvalue weighted by molar-refractivity contribution is -0.197. The van der Waals surface area contributed by atoms with Crippen LogP contribution >= 0.6 is 0 Å². The van der Waals surface area contributed by atoms with Gasteiger partial charge in [0.2, 0.25) is 0 Å². The number of hydrogen-bond acceptors (Lipinski definition) is 8. The quantitative estimate of drug-likeness (QED) is 0.400. The van der Waals surface area contributed by atoms with Crippen molar-refractivity contribution in [2.24, 2.45) is 0 Å². The molecule has 0 spiro atoms. The molecule has 0 aromatic heterocycles. The number of carbonyl (C=O) groups is 1. The van der Waals surface area contributed by atoms with Gasteiger partial charge in [0.1, 0.15) is 18.3 Å². The molecule has 0 amide bonds. The second-order valence-electron chi connectivity index (χ2n) is 5.37. The van der Waals surface area contributed by atoms with E-state index in [4.69, 9.17) is 14.2 Å². The van der Waals surface area contributed by atoms with Gasteiger partial charge in [0, 0.05) is 0 Å². The van der Waals surface area contributed by atoms with Crippen LogP contribution in [-0.2, 0) is 38.0 Å². The third-order valence-corrected chi connectivity index (χ3v) is 4.27. The van der Waals surface area contributed by atoms with Crippen LogP contribution in [0.3, 0.4) is 0 Å². The highest BCUT2D eigenvalue weighted by molar-refractivity contribution is 7.87. The van der Waals surface area contributed by atoms with E-state index in [9.17, 15) is 26.4 Å². The molecule has 134 valence electrons. The Labute approximate surface area is 129 Å². The molecular weight excluding hydrogens is 349 g/mol. The zero-order valence-electron chi connectivity index (χ0n) is 12.3. The Bertz CT molecular complexity index is 572. The number of esters is 1. The molecular formula is C11H15F3O8S. The first-order valence-electron chi connectivity index (χ1n) is 6.42. The molecule has 0 saturated carbocycles. The Hall–Kier alpha value is -0.950. The van der Waals surface area contributed by atoms with Gasteiger partial charge in [0.05, 0.1) is 13.7 Å². The fraction of sp³-hybridized carbons (Fsp3) is 0.909. The minimum absolute atomic E-state index is 0.817. The number of hydrogen-bond donors (Lipinski definition) is 0. The maximum atomic E-state index is 12.3. The lowest BCUT2D eigenvalue weighted by Crippen LogP contribution is -2.36. The number of ether oxygens (including phenoxy) is 4. The maximum Gasteiger partial charge on any atom is 0.523 e. The van der Waals surface area contributed by atoms with Gasteiger partial charge in [-0.2, -0.15) is 21.6 Å². The van der Waals surface area contributed by atoms with Crippen molar-refractivity contribution in [3.8, 4) is 0 Å². The van der Waals surface area contributed by atoms with Crippen LogP contribution in [0, 0.1) is 0 Å². The van der Waals surface area contributed by atoms with Crippen molar-refractivity contribution in [3.63, 3.8) is 0 Å². The summed E-state index contributed by atoms with van der Waals surface area (Å²) in [6.45, 7) is 2.09. The highest BCUT2D eigenvalue weighted by Gasteiger charge is 2.58. The lowest BCUT2D eigenvalue weighted by atomic mass is 10.1. The van der Waals surface area contributed by atoms with E-state index in [0.29, 0.717) is 0 Å². The van der Waals surface area contributed by atoms with E-state index in [1.54, 1.807) is 0 Å². The van der Waals surface area contributed by atoms with Crippen molar-refractivity contribution >= 4 is 16.1 Å². The SMILES string of the molecule is COC(=O)[C@@H]1O[C@H](COS(=O)(=O)C(F)(F)F)[C@@H]2OC(C)(C)O[C@@H]21. The summed E-state index contributed by atoms with van der Waals surface area (Å²) in [6, 6.07) is 0. The predicted octanol–water partition coefficient (Wildman–Crippen LogP) is 0.313. The Morgan fingerprint density at radius 2 is 1.78 bits per heavy atom. The van der Waals surface area contributed by atoms with Gasteiger partial charge in [-0.15, -0.1) is 0 Å². The number of rotatable bonds is 4. The maximum absolute atomic E-state index is 12.3. The summed E-state index contributed by atoms with van der Waals surface area (Å²) in [5, 5.41) is 0. The Balaban J connectivity index is 2.12. The van der Waals surface area contributed by atoms with Crippen molar-refractivity contribution in [3.05, 3.63) is 0 Å². The Morgan fingerprint density at radius 3 is 2.30 bits per heavy atom. The number of carbonyl (C=O) groups excluding carboxylic acids is 1. The average Bonchev–Trinajstić information content (AvgIpc) is 2.87. The molecule has 23 heavy (non-hydrogen) atoms. The van der Waals surface area contributed by atoms with Crippen molar-refractivity contribution in [2.45, 2.75) is 49.6 Å². The van der Waals surface area contributed by atoms with Crippen molar-refractivity contribution in [1.29, 1.82) is 0 Å². The van der Waals surface area contributed by atoms with Crippen molar-refractivity contribution in [1.82, 2.24) is 0 Å². The topological polar surface area (TPSA) is 97.4 Å². The van der Waals surface area contributed by atoms with Crippen LogP contribution in [0.5, 0.6) is 0 Å². The van der Waals surface area contributed by atoms with Gasteiger partial charge in [-0.3, -0.25) is 4.18 Å². The normalized spacial score (nSPS) is 33.5. The molecule has 2 heterocycles. The van der Waals surface area contributed by atoms with Crippen LogP contribution in [0.15, 0.2) is 0 Å². The monoisotopic (exact) mass is 364 g/mol. The molecule has 2 rings (SSSR count). The first kappa shape index (κ1) is 18.4. The van der Waals surface area contributed by atoms with Crippen LogP contribution in [0.25, 0.3) is 0 Å². The third kappa shape index (κ3) is 3.60. The lowest BCUT2D eigenvalue weighted by Gasteiger charge is -2.23. The van der Waals surface area contributed by atoms with E-state index < -0.39 is 58.4 Å². The highest BCUT2D eigenvalue weighted by Crippen LogP contribution is 2.39. The molecule has 2 fully saturated rings. The van der Waals surface area contributed by atoms with Gasteiger partial charge in [-0.05, 0) is 13.8 Å². The number of methoxy groups -OCH3 is 1. The van der Waals surface area contributed by atoms with Gasteiger partial charge < -0.3 is 18.9 Å². The standard InChI is InChI=1S/C11H15F3O8S/c1-10(2)21-6-5(4-19-23(16,17)11(12,13)14)20-8(7(6)22-10)9(15)18-3/h5-8H,4H2,1-3H3/t5-,6+,7+,8-/m1/s1. The van der Waals surface area contributed by atoms with Crippen LogP contribution < -0.4 is 0 Å². The molecule has 4 atom stereocenters. The van der Waals surface area contributed by atoms with Gasteiger partial charge in [-0.1, -0.05) is 0 Å². The first-order valence-corrected chi connectivity index (χ1v) is 7.83. The second-order valence-corrected chi connectivity index (χ2v) is 6.97. The largest absolute Gasteiger partial charge is 0.523 e. The van der Waals surface area contributed by atoms with Crippen LogP contribution in [0.2, 0.25) is 0 Å². The molecule has 2 saturated heterocycles. The number of halogens is 3. The molecule has 8 nitrogen and oxygen atoms in total. The summed E-state index contributed by atoms with van der Waals surface area (Å²) in [6.07, 6.45) is -4.42. The number of alkyl halides is 3. The Morgan fingerprint density at radius 1 is 1.22 bits per heavy atom. The van der Waals surface area contributed by atoms with Gasteiger partial charge in [0.15, 0.2) is 11.9 Å². The minimum Gasteiger partial charge on any atom is -0.467 e. The molecule has 0 radical (unpaired) electrons. The fourth-order valence-corrected chi connectivity index (χ4v) is 2.79. The first-order chi connectivity index (χ1) is 10.4. The predicted molar refractivity (Wildman–Crippen MR) is 65.4 cm³/mol. The molecule has 0 aromatic rings. The van der Waals surface area contributed by atoms with E-state index in [0.717, 1.165) is 7.11 Å².